The Morgan fingerprint density at radius 1 is 1.21 bits per heavy atom. The first-order valence-corrected chi connectivity index (χ1v) is 9.11. The first kappa shape index (κ1) is 19.6. The summed E-state index contributed by atoms with van der Waals surface area (Å²) in [5.41, 5.74) is 1.48. The fraction of sp³-hybridized carbons (Fsp3) is 0.273. The molecule has 0 spiro atoms. The predicted molar refractivity (Wildman–Crippen MR) is 110 cm³/mol. The van der Waals surface area contributed by atoms with Gasteiger partial charge in [0.15, 0.2) is 11.5 Å². The molecule has 1 N–H and O–H groups in total. The maximum atomic E-state index is 12.7. The number of hydrogen-bond acceptors (Lipinski definition) is 5. The molecule has 0 saturated carbocycles. The van der Waals surface area contributed by atoms with Gasteiger partial charge < -0.3 is 14.6 Å². The van der Waals surface area contributed by atoms with Crippen molar-refractivity contribution >= 4 is 17.0 Å². The maximum absolute atomic E-state index is 12.7. The van der Waals surface area contributed by atoms with Gasteiger partial charge in [-0.2, -0.15) is 0 Å². The number of benzene rings is 2. The maximum Gasteiger partial charge on any atom is 0.261 e. The van der Waals surface area contributed by atoms with Crippen LogP contribution in [0, 0.1) is 6.92 Å². The minimum atomic E-state index is -0.876. The third-order valence-corrected chi connectivity index (χ3v) is 4.42. The molecule has 6 heteroatoms. The van der Waals surface area contributed by atoms with Gasteiger partial charge in [0.25, 0.3) is 5.56 Å². The normalized spacial score (nSPS) is 12.4. The molecule has 146 valence electrons. The highest BCUT2D eigenvalue weighted by molar-refractivity contribution is 5.77. The Kier molecular flexibility index (Phi) is 6.11. The zero-order chi connectivity index (χ0) is 20.1. The van der Waals surface area contributed by atoms with Crippen molar-refractivity contribution in [1.29, 1.82) is 0 Å². The molecule has 1 aromatic heterocycles. The van der Waals surface area contributed by atoms with Crippen LogP contribution in [-0.2, 0) is 6.54 Å². The molecular weight excluding hydrogens is 356 g/mol. The van der Waals surface area contributed by atoms with Crippen LogP contribution < -0.4 is 15.0 Å². The van der Waals surface area contributed by atoms with Gasteiger partial charge in [-0.1, -0.05) is 30.4 Å². The third-order valence-electron chi connectivity index (χ3n) is 4.42. The summed E-state index contributed by atoms with van der Waals surface area (Å²) in [5, 5.41) is 11.0. The van der Waals surface area contributed by atoms with Crippen molar-refractivity contribution in [2.45, 2.75) is 26.5 Å². The van der Waals surface area contributed by atoms with E-state index in [0.29, 0.717) is 28.2 Å². The van der Waals surface area contributed by atoms with Crippen LogP contribution in [0.15, 0.2) is 53.3 Å². The van der Waals surface area contributed by atoms with E-state index in [9.17, 15) is 9.90 Å². The number of hydrogen-bond donors (Lipinski definition) is 1. The highest BCUT2D eigenvalue weighted by Crippen LogP contribution is 2.28. The molecule has 0 aliphatic carbocycles. The number of para-hydroxylation sites is 1. The number of allylic oxidation sites excluding steroid dienone is 1. The summed E-state index contributed by atoms with van der Waals surface area (Å²) in [6.45, 7) is 3.82. The van der Waals surface area contributed by atoms with E-state index >= 15 is 0 Å². The van der Waals surface area contributed by atoms with E-state index in [2.05, 4.69) is 4.98 Å². The van der Waals surface area contributed by atoms with Gasteiger partial charge in [-0.15, -0.1) is 0 Å². The van der Waals surface area contributed by atoms with Gasteiger partial charge in [-0.05, 0) is 43.7 Å². The van der Waals surface area contributed by atoms with E-state index in [-0.39, 0.29) is 18.7 Å². The second-order valence-electron chi connectivity index (χ2n) is 6.47. The van der Waals surface area contributed by atoms with Crippen LogP contribution in [0.2, 0.25) is 0 Å². The summed E-state index contributed by atoms with van der Waals surface area (Å²) in [6.07, 6.45) is 3.03. The number of aliphatic hydroxyl groups excluding tert-OH is 1. The molecule has 3 aromatic rings. The van der Waals surface area contributed by atoms with Gasteiger partial charge in [0, 0.05) is 0 Å². The summed E-state index contributed by atoms with van der Waals surface area (Å²) >= 11 is 0. The Hall–Kier alpha value is -3.12. The number of methoxy groups -OCH3 is 1. The van der Waals surface area contributed by atoms with Gasteiger partial charge in [-0.25, -0.2) is 4.98 Å². The van der Waals surface area contributed by atoms with E-state index < -0.39 is 6.10 Å². The topological polar surface area (TPSA) is 73.6 Å². The molecule has 0 saturated heterocycles. The average molecular weight is 380 g/mol. The van der Waals surface area contributed by atoms with E-state index in [1.807, 2.05) is 37.3 Å². The van der Waals surface area contributed by atoms with Gasteiger partial charge in [0.1, 0.15) is 18.5 Å². The predicted octanol–water partition coefficient (Wildman–Crippen LogP) is 3.19. The van der Waals surface area contributed by atoms with E-state index in [1.54, 1.807) is 38.3 Å². The third kappa shape index (κ3) is 4.23. The number of fused-ring (bicyclic) bond motifs is 1. The van der Waals surface area contributed by atoms with Gasteiger partial charge in [0.05, 0.1) is 24.6 Å². The lowest BCUT2D eigenvalue weighted by atomic mass is 10.2. The lowest BCUT2D eigenvalue weighted by Gasteiger charge is -2.17. The molecule has 2 aromatic carbocycles. The molecule has 1 unspecified atom stereocenters. The standard InChI is InChI=1S/C22H24N2O4/c1-4-7-16-10-11-20(21(12-16)27-3)28-14-17(25)13-24-15(2)23-19-9-6-5-8-18(19)22(24)26/h4-12,17,25H,13-14H2,1-3H3. The van der Waals surface area contributed by atoms with Crippen molar-refractivity contribution in [3.05, 3.63) is 70.3 Å². The van der Waals surface area contributed by atoms with Crippen LogP contribution >= 0.6 is 0 Å². The SMILES string of the molecule is CC=Cc1ccc(OCC(O)Cn2c(C)nc3ccccc3c2=O)c(OC)c1. The van der Waals surface area contributed by atoms with E-state index in [1.165, 1.54) is 4.57 Å². The molecule has 6 nitrogen and oxygen atoms in total. The molecule has 1 atom stereocenters. The second-order valence-corrected chi connectivity index (χ2v) is 6.47. The number of rotatable bonds is 7. The molecule has 0 aliphatic rings. The largest absolute Gasteiger partial charge is 0.493 e. The molecule has 0 bridgehead atoms. The van der Waals surface area contributed by atoms with Crippen molar-refractivity contribution in [2.24, 2.45) is 0 Å². The van der Waals surface area contributed by atoms with Crippen molar-refractivity contribution in [3.8, 4) is 11.5 Å². The summed E-state index contributed by atoms with van der Waals surface area (Å²) in [7, 11) is 1.57. The van der Waals surface area contributed by atoms with E-state index in [4.69, 9.17) is 9.47 Å². The smallest absolute Gasteiger partial charge is 0.261 e. The number of nitrogens with zero attached hydrogens (tertiary/aromatic N) is 2. The van der Waals surface area contributed by atoms with Gasteiger partial charge in [0.2, 0.25) is 0 Å². The van der Waals surface area contributed by atoms with Crippen LogP contribution in [0.1, 0.15) is 18.3 Å². The number of aromatic nitrogens is 2. The van der Waals surface area contributed by atoms with Gasteiger partial charge in [-0.3, -0.25) is 9.36 Å². The minimum absolute atomic E-state index is 0.0258. The van der Waals surface area contributed by atoms with Crippen molar-refractivity contribution in [3.63, 3.8) is 0 Å². The number of aryl methyl sites for hydroxylation is 1. The molecule has 0 amide bonds. The number of aliphatic hydroxyl groups is 1. The highest BCUT2D eigenvalue weighted by Gasteiger charge is 2.14. The second kappa shape index (κ2) is 8.71. The Morgan fingerprint density at radius 2 is 2.00 bits per heavy atom. The molecule has 3 rings (SSSR count). The van der Waals surface area contributed by atoms with Gasteiger partial charge >= 0.3 is 0 Å². The number of ether oxygens (including phenoxy) is 2. The first-order chi connectivity index (χ1) is 13.5. The van der Waals surface area contributed by atoms with Crippen LogP contribution in [0.25, 0.3) is 17.0 Å². The first-order valence-electron chi connectivity index (χ1n) is 9.11. The molecule has 0 radical (unpaired) electrons. The Balaban J connectivity index is 1.74. The van der Waals surface area contributed by atoms with Crippen LogP contribution in [0.5, 0.6) is 11.5 Å². The monoisotopic (exact) mass is 380 g/mol. The average Bonchev–Trinajstić information content (AvgIpc) is 2.70. The summed E-state index contributed by atoms with van der Waals surface area (Å²) in [4.78, 5) is 17.1. The van der Waals surface area contributed by atoms with E-state index in [0.717, 1.165) is 5.56 Å². The van der Waals surface area contributed by atoms with Crippen molar-refractivity contribution < 1.29 is 14.6 Å². The lowest BCUT2D eigenvalue weighted by molar-refractivity contribution is 0.0894. The zero-order valence-electron chi connectivity index (χ0n) is 16.3. The van der Waals surface area contributed by atoms with Crippen molar-refractivity contribution in [2.75, 3.05) is 13.7 Å². The molecule has 0 aliphatic heterocycles. The van der Waals surface area contributed by atoms with Crippen LogP contribution in [0.4, 0.5) is 0 Å². The Bertz CT molecular complexity index is 1060. The summed E-state index contributed by atoms with van der Waals surface area (Å²) in [6, 6.07) is 12.8. The minimum Gasteiger partial charge on any atom is -0.493 e. The highest BCUT2D eigenvalue weighted by atomic mass is 16.5. The molecule has 0 fully saturated rings. The van der Waals surface area contributed by atoms with Crippen molar-refractivity contribution in [1.82, 2.24) is 9.55 Å². The zero-order valence-corrected chi connectivity index (χ0v) is 16.3. The van der Waals surface area contributed by atoms with Crippen LogP contribution in [-0.4, -0.2) is 34.5 Å². The molecule has 1 heterocycles. The lowest BCUT2D eigenvalue weighted by Crippen LogP contribution is -2.32. The Labute approximate surface area is 163 Å². The van der Waals surface area contributed by atoms with Crippen LogP contribution in [0.3, 0.4) is 0 Å². The summed E-state index contributed by atoms with van der Waals surface area (Å²) < 4.78 is 12.6. The quantitative estimate of drug-likeness (QED) is 0.681. The summed E-state index contributed by atoms with van der Waals surface area (Å²) in [5.74, 6) is 1.68. The fourth-order valence-electron chi connectivity index (χ4n) is 3.04. The Morgan fingerprint density at radius 3 is 2.75 bits per heavy atom. The molecule has 28 heavy (non-hydrogen) atoms. The fourth-order valence-corrected chi connectivity index (χ4v) is 3.04. The molecular formula is C22H24N2O4.